The Morgan fingerprint density at radius 2 is 2.14 bits per heavy atom. The Kier molecular flexibility index (Phi) is 4.37. The van der Waals surface area contributed by atoms with Crippen molar-refractivity contribution in [3.8, 4) is 0 Å². The molecule has 2 N–H and O–H groups in total. The number of urea groups is 1. The molecule has 0 aromatic carbocycles. The molecule has 7 heteroatoms. The fourth-order valence-electron chi connectivity index (χ4n) is 4.62. The first-order valence-corrected chi connectivity index (χ1v) is 11.2. The predicted octanol–water partition coefficient (Wildman–Crippen LogP) is 4.08. The number of hydrogen-bond donors (Lipinski definition) is 2. The van der Waals surface area contributed by atoms with E-state index in [0.717, 1.165) is 36.2 Å². The number of amides is 2. The largest absolute Gasteiger partial charge is 0.383 e. The second-order valence-electron chi connectivity index (χ2n) is 9.01. The van der Waals surface area contributed by atoms with Crippen molar-refractivity contribution < 1.29 is 9.90 Å². The minimum atomic E-state index is -0.946. The molecule has 3 aliphatic rings. The van der Waals surface area contributed by atoms with Gasteiger partial charge in [0.1, 0.15) is 10.6 Å². The van der Waals surface area contributed by atoms with Gasteiger partial charge in [-0.15, -0.1) is 11.3 Å². The molecule has 2 heterocycles. The van der Waals surface area contributed by atoms with Crippen molar-refractivity contribution in [1.29, 1.82) is 0 Å². The van der Waals surface area contributed by atoms with E-state index in [1.807, 2.05) is 0 Å². The molecule has 0 unspecified atom stereocenters. The predicted molar refractivity (Wildman–Crippen MR) is 114 cm³/mol. The molecule has 0 bridgehead atoms. The quantitative estimate of drug-likeness (QED) is 0.744. The van der Waals surface area contributed by atoms with E-state index < -0.39 is 5.60 Å². The second kappa shape index (κ2) is 6.71. The molecule has 2 amide bonds. The monoisotopic (exact) mass is 410 g/mol. The molecule has 1 saturated carbocycles. The highest BCUT2D eigenvalue weighted by Crippen LogP contribution is 2.58. The number of pyridine rings is 1. The minimum Gasteiger partial charge on any atom is -0.383 e. The number of anilines is 1. The highest BCUT2D eigenvalue weighted by atomic mass is 32.1. The van der Waals surface area contributed by atoms with Gasteiger partial charge in [0.15, 0.2) is 0 Å². The Labute approximate surface area is 174 Å². The van der Waals surface area contributed by atoms with Crippen LogP contribution in [0.3, 0.4) is 0 Å². The Morgan fingerprint density at radius 1 is 1.31 bits per heavy atom. The summed E-state index contributed by atoms with van der Waals surface area (Å²) in [6, 6.07) is -0.323. The molecule has 2 aromatic heterocycles. The van der Waals surface area contributed by atoms with Crippen molar-refractivity contribution in [1.82, 2.24) is 9.97 Å². The third-order valence-corrected chi connectivity index (χ3v) is 7.68. The van der Waals surface area contributed by atoms with Gasteiger partial charge < -0.3 is 10.4 Å². The van der Waals surface area contributed by atoms with E-state index in [2.05, 4.69) is 15.3 Å². The Morgan fingerprint density at radius 3 is 2.86 bits per heavy atom. The van der Waals surface area contributed by atoms with Gasteiger partial charge in [0.25, 0.3) is 0 Å². The van der Waals surface area contributed by atoms with Crippen LogP contribution < -0.4 is 5.32 Å². The highest BCUT2D eigenvalue weighted by molar-refractivity contribution is 7.11. The van der Waals surface area contributed by atoms with E-state index >= 15 is 0 Å². The summed E-state index contributed by atoms with van der Waals surface area (Å²) >= 11 is 1.44. The van der Waals surface area contributed by atoms with Gasteiger partial charge in [-0.3, -0.25) is 4.98 Å². The molecule has 29 heavy (non-hydrogen) atoms. The van der Waals surface area contributed by atoms with Crippen LogP contribution in [0.5, 0.6) is 0 Å². The normalized spacial score (nSPS) is 19.0. The zero-order valence-corrected chi connectivity index (χ0v) is 17.7. The van der Waals surface area contributed by atoms with Gasteiger partial charge in [0, 0.05) is 34.8 Å². The Bertz CT molecular complexity index is 1010. The molecule has 0 radical (unpaired) electrons. The summed E-state index contributed by atoms with van der Waals surface area (Å²) in [5.41, 5.74) is 5.27. The summed E-state index contributed by atoms with van der Waals surface area (Å²) in [5.74, 6) is 0. The van der Waals surface area contributed by atoms with Gasteiger partial charge in [-0.1, -0.05) is 0 Å². The zero-order valence-electron chi connectivity index (χ0n) is 16.9. The number of carbonyl (C=O) groups excluding carboxylic acids is 1. The average Bonchev–Trinajstić information content (AvgIpc) is 3.02. The SMILES string of the molecule is CC(C)(O)c1ncc(CC=NC(=O)Nc2c3c(nc4c2CCC42CC2)CCC3)s1. The molecular weight excluding hydrogens is 384 g/mol. The molecule has 5 rings (SSSR count). The third-order valence-electron chi connectivity index (χ3n) is 6.34. The molecular formula is C22H26N4O2S. The fourth-order valence-corrected chi connectivity index (χ4v) is 5.49. The number of aromatic nitrogens is 2. The van der Waals surface area contributed by atoms with Crippen molar-refractivity contribution >= 4 is 29.3 Å². The molecule has 0 saturated heterocycles. The number of thiazole rings is 1. The summed E-state index contributed by atoms with van der Waals surface area (Å²) in [6.45, 7) is 3.43. The summed E-state index contributed by atoms with van der Waals surface area (Å²) in [4.78, 5) is 26.9. The van der Waals surface area contributed by atoms with Gasteiger partial charge in [-0.05, 0) is 69.9 Å². The van der Waals surface area contributed by atoms with Crippen LogP contribution in [-0.2, 0) is 36.7 Å². The standard InChI is InChI=1S/C22H26N4O2S/c1-21(2,28)19-24-12-13(29-19)7-11-23-20(27)26-17-14-4-3-5-16(14)25-18-15(17)6-8-22(18)9-10-22/h11-12,28H,3-10H2,1-2H3,(H,25,26,27). The van der Waals surface area contributed by atoms with Crippen LogP contribution in [0.1, 0.15) is 71.9 Å². The first-order valence-electron chi connectivity index (χ1n) is 10.4. The fraction of sp³-hybridized carbons (Fsp3) is 0.545. The average molecular weight is 411 g/mol. The van der Waals surface area contributed by atoms with Gasteiger partial charge >= 0.3 is 6.03 Å². The van der Waals surface area contributed by atoms with Crippen molar-refractivity contribution in [2.45, 2.75) is 76.2 Å². The van der Waals surface area contributed by atoms with E-state index in [9.17, 15) is 9.90 Å². The van der Waals surface area contributed by atoms with E-state index in [1.54, 1.807) is 26.3 Å². The lowest BCUT2D eigenvalue weighted by Gasteiger charge is -2.15. The summed E-state index contributed by atoms with van der Waals surface area (Å²) in [6.07, 6.45) is 11.6. The maximum atomic E-state index is 12.6. The third kappa shape index (κ3) is 3.40. The van der Waals surface area contributed by atoms with E-state index in [1.165, 1.54) is 53.1 Å². The van der Waals surface area contributed by atoms with E-state index in [0.29, 0.717) is 16.8 Å². The highest BCUT2D eigenvalue weighted by Gasteiger charge is 2.51. The van der Waals surface area contributed by atoms with Crippen LogP contribution in [0.25, 0.3) is 0 Å². The number of nitrogens with one attached hydrogen (secondary N) is 1. The van der Waals surface area contributed by atoms with Crippen LogP contribution in [0.4, 0.5) is 10.5 Å². The topological polar surface area (TPSA) is 87.5 Å². The molecule has 1 spiro atoms. The van der Waals surface area contributed by atoms with Crippen LogP contribution in [-0.4, -0.2) is 27.3 Å². The summed E-state index contributed by atoms with van der Waals surface area (Å²) in [5, 5.41) is 13.8. The Balaban J connectivity index is 1.32. The number of aliphatic hydroxyl groups is 1. The van der Waals surface area contributed by atoms with Crippen molar-refractivity contribution in [3.05, 3.63) is 38.6 Å². The molecule has 0 atom stereocenters. The van der Waals surface area contributed by atoms with E-state index in [-0.39, 0.29) is 6.03 Å². The van der Waals surface area contributed by atoms with Gasteiger partial charge in [-0.25, -0.2) is 14.8 Å². The molecule has 2 aromatic rings. The van der Waals surface area contributed by atoms with Crippen molar-refractivity contribution in [3.63, 3.8) is 0 Å². The van der Waals surface area contributed by atoms with Crippen LogP contribution in [0, 0.1) is 0 Å². The number of aliphatic imine (C=N–C) groups is 1. The van der Waals surface area contributed by atoms with Gasteiger partial charge in [0.05, 0.1) is 11.4 Å². The maximum absolute atomic E-state index is 12.6. The molecule has 1 fully saturated rings. The number of fused-ring (bicyclic) bond motifs is 3. The molecule has 152 valence electrons. The van der Waals surface area contributed by atoms with Gasteiger partial charge in [0.2, 0.25) is 0 Å². The first-order chi connectivity index (χ1) is 13.9. The lowest BCUT2D eigenvalue weighted by Crippen LogP contribution is -2.14. The molecule has 3 aliphatic carbocycles. The lowest BCUT2D eigenvalue weighted by atomic mass is 10.0. The number of rotatable bonds is 4. The summed E-state index contributed by atoms with van der Waals surface area (Å²) in [7, 11) is 0. The maximum Gasteiger partial charge on any atom is 0.345 e. The number of carbonyl (C=O) groups is 1. The molecule has 0 aliphatic heterocycles. The van der Waals surface area contributed by atoms with Crippen LogP contribution >= 0.6 is 11.3 Å². The lowest BCUT2D eigenvalue weighted by molar-refractivity contribution is 0.0783. The van der Waals surface area contributed by atoms with Crippen molar-refractivity contribution in [2.24, 2.45) is 4.99 Å². The smallest absolute Gasteiger partial charge is 0.345 e. The zero-order chi connectivity index (χ0) is 20.2. The Hall–Kier alpha value is -2.12. The van der Waals surface area contributed by atoms with E-state index in [4.69, 9.17) is 4.98 Å². The number of nitrogens with zero attached hydrogens (tertiary/aromatic N) is 3. The minimum absolute atomic E-state index is 0.306. The number of hydrogen-bond acceptors (Lipinski definition) is 5. The number of aryl methyl sites for hydroxylation is 1. The summed E-state index contributed by atoms with van der Waals surface area (Å²) < 4.78 is 0. The first kappa shape index (κ1) is 18.9. The van der Waals surface area contributed by atoms with Crippen LogP contribution in [0.15, 0.2) is 11.2 Å². The van der Waals surface area contributed by atoms with Crippen molar-refractivity contribution in [2.75, 3.05) is 5.32 Å². The molecule has 6 nitrogen and oxygen atoms in total. The van der Waals surface area contributed by atoms with Gasteiger partial charge in [-0.2, -0.15) is 0 Å². The second-order valence-corrected chi connectivity index (χ2v) is 10.1. The van der Waals surface area contributed by atoms with Crippen LogP contribution in [0.2, 0.25) is 0 Å².